The van der Waals surface area contributed by atoms with Crippen LogP contribution < -0.4 is 9.64 Å². The van der Waals surface area contributed by atoms with Gasteiger partial charge < -0.3 is 39.0 Å². The fraction of sp³-hybridized carbons (Fsp3) is 0.587. The van der Waals surface area contributed by atoms with Crippen LogP contribution in [0.15, 0.2) is 48.6 Å². The van der Waals surface area contributed by atoms with Crippen molar-refractivity contribution >= 4 is 34.5 Å². The molecule has 1 saturated carbocycles. The van der Waals surface area contributed by atoms with Gasteiger partial charge in [0.15, 0.2) is 6.10 Å². The van der Waals surface area contributed by atoms with E-state index in [9.17, 15) is 24.6 Å². The van der Waals surface area contributed by atoms with Gasteiger partial charge in [0.2, 0.25) is 5.60 Å². The molecule has 11 unspecified atom stereocenters. The molecule has 6 heterocycles. The lowest BCUT2D eigenvalue weighted by molar-refractivity contribution is -0.228. The van der Waals surface area contributed by atoms with Gasteiger partial charge in [0, 0.05) is 91.3 Å². The second-order valence-electron chi connectivity index (χ2n) is 18.1. The van der Waals surface area contributed by atoms with Crippen LogP contribution in [0.1, 0.15) is 80.7 Å². The van der Waals surface area contributed by atoms with E-state index in [1.54, 1.807) is 7.11 Å². The number of para-hydroxylation sites is 1. The minimum absolute atomic E-state index is 0.200. The number of nitrogens with one attached hydrogen (secondary N) is 1. The van der Waals surface area contributed by atoms with Crippen molar-refractivity contribution in [2.75, 3.05) is 66.0 Å². The smallest absolute Gasteiger partial charge is 0.344 e. The van der Waals surface area contributed by atoms with E-state index in [-0.39, 0.29) is 17.9 Å². The highest BCUT2D eigenvalue weighted by Gasteiger charge is 2.80. The van der Waals surface area contributed by atoms with Crippen LogP contribution in [0.4, 0.5) is 5.69 Å². The molecule has 1 aromatic heterocycles. The number of aromatic amines is 1. The quantitative estimate of drug-likeness (QED) is 0.178. The molecule has 0 amide bonds. The Balaban J connectivity index is 1.34. The summed E-state index contributed by atoms with van der Waals surface area (Å²) in [4.78, 5) is 52.5. The number of methoxy groups -OCH3 is 3. The predicted octanol–water partition coefficient (Wildman–Crippen LogP) is 4.18. The van der Waals surface area contributed by atoms with Crippen molar-refractivity contribution in [3.63, 3.8) is 0 Å². The van der Waals surface area contributed by atoms with Crippen molar-refractivity contribution in [1.29, 1.82) is 0 Å². The third-order valence-electron chi connectivity index (χ3n) is 15.6. The Hall–Kier alpha value is -4.43. The van der Waals surface area contributed by atoms with Crippen molar-refractivity contribution < 1.29 is 43.5 Å². The van der Waals surface area contributed by atoms with Gasteiger partial charge in [0.05, 0.1) is 33.0 Å². The zero-order chi connectivity index (χ0) is 41.8. The lowest BCUT2D eigenvalue weighted by Crippen LogP contribution is -2.81. The Morgan fingerprint density at radius 2 is 1.78 bits per heavy atom. The first-order valence-electron chi connectivity index (χ1n) is 21.2. The molecule has 2 aromatic carbocycles. The number of aromatic nitrogens is 1. The number of piperidine rings is 1. The molecule has 3 aromatic rings. The number of esters is 3. The summed E-state index contributed by atoms with van der Waals surface area (Å²) in [6, 6.07) is 11.2. The molecule has 6 aliphatic rings. The second-order valence-corrected chi connectivity index (χ2v) is 18.1. The maximum Gasteiger partial charge on any atom is 0.344 e. The third-order valence-corrected chi connectivity index (χ3v) is 15.6. The van der Waals surface area contributed by atoms with Crippen LogP contribution in [0.5, 0.6) is 5.75 Å². The van der Waals surface area contributed by atoms with Crippen LogP contribution in [0.2, 0.25) is 0 Å². The number of H-pyrrole nitrogens is 1. The number of benzene rings is 2. The van der Waals surface area contributed by atoms with Gasteiger partial charge in [0.25, 0.3) is 0 Å². The number of rotatable bonds is 7. The summed E-state index contributed by atoms with van der Waals surface area (Å²) < 4.78 is 23.7. The SMILES string of the molecule is CCC1(O)CC2CN(CCc3c([nH]c4ccccc34)C(C(=O)OC)C2c2cc3c(cc2OC)N(C)C2C(O)(C(=O)OC)C(OC(C)=O)C4(CC)C=CCN5CCC32C54)C1. The Bertz CT molecular complexity index is 2240. The fourth-order valence-electron chi connectivity index (χ4n) is 13.4. The normalized spacial score (nSPS) is 37.0. The molecule has 1 spiro atoms. The number of likely N-dealkylation sites (N-methyl/N-ethyl adjacent to an activating group) is 1. The van der Waals surface area contributed by atoms with Crippen LogP contribution in [0.25, 0.3) is 10.9 Å². The van der Waals surface area contributed by atoms with E-state index in [0.717, 1.165) is 39.0 Å². The Morgan fingerprint density at radius 1 is 1.00 bits per heavy atom. The van der Waals surface area contributed by atoms with E-state index in [2.05, 4.69) is 39.1 Å². The number of nitrogens with zero attached hydrogens (tertiary/aromatic N) is 3. The number of fused-ring (bicyclic) bond motifs is 6. The molecule has 3 fully saturated rings. The van der Waals surface area contributed by atoms with E-state index >= 15 is 0 Å². The Morgan fingerprint density at radius 3 is 2.47 bits per heavy atom. The van der Waals surface area contributed by atoms with E-state index in [0.29, 0.717) is 70.6 Å². The molecule has 13 nitrogen and oxygen atoms in total. The fourth-order valence-corrected chi connectivity index (χ4v) is 13.4. The molecule has 9 rings (SSSR count). The van der Waals surface area contributed by atoms with Gasteiger partial charge in [-0.2, -0.15) is 0 Å². The molecule has 0 radical (unpaired) electrons. The van der Waals surface area contributed by atoms with Crippen molar-refractivity contribution in [3.05, 3.63) is 70.9 Å². The molecular formula is C46H58N4O9. The monoisotopic (exact) mass is 810 g/mol. The first kappa shape index (κ1) is 40.0. The highest BCUT2D eigenvalue weighted by atomic mass is 16.6. The summed E-state index contributed by atoms with van der Waals surface area (Å²) in [5.74, 6) is -2.80. The Kier molecular flexibility index (Phi) is 9.54. The number of ether oxygens (including phenoxy) is 4. The average Bonchev–Trinajstić information content (AvgIpc) is 3.89. The predicted molar refractivity (Wildman–Crippen MR) is 221 cm³/mol. The lowest BCUT2D eigenvalue weighted by Gasteiger charge is -2.63. The van der Waals surface area contributed by atoms with Crippen molar-refractivity contribution in [3.8, 4) is 5.75 Å². The van der Waals surface area contributed by atoms with Crippen molar-refractivity contribution in [2.45, 2.75) is 99.5 Å². The highest BCUT2D eigenvalue weighted by molar-refractivity contribution is 5.90. The lowest BCUT2D eigenvalue weighted by atomic mass is 9.47. The van der Waals surface area contributed by atoms with E-state index in [1.165, 1.54) is 21.1 Å². The third kappa shape index (κ3) is 5.39. The number of aliphatic hydroxyl groups is 2. The largest absolute Gasteiger partial charge is 0.496 e. The number of hydrogen-bond acceptors (Lipinski definition) is 12. The van der Waals surface area contributed by atoms with Gasteiger partial charge in [0.1, 0.15) is 11.7 Å². The van der Waals surface area contributed by atoms with Crippen molar-refractivity contribution in [2.24, 2.45) is 11.3 Å². The second kappa shape index (κ2) is 14.1. The standard InChI is InChI=1S/C46H58N4O9/c1-8-43(54)23-27-24-49(25-43)19-15-29-28-13-10-11-14-32(28)47-37(29)36(38(52)57-6)35(27)30-21-31-33(22-34(30)56-5)48(4)40-45(31)17-20-50-18-12-16-44(9-2,39(45)50)41(59-26(3)51)46(40,55)42(53)58-7/h10-14,16,21-22,27,35-36,39-41,47,54-55H,8-9,15,17-20,23-25H2,1-7H3. The topological polar surface area (TPSA) is 154 Å². The van der Waals surface area contributed by atoms with E-state index in [1.807, 2.05) is 50.1 Å². The molecule has 59 heavy (non-hydrogen) atoms. The summed E-state index contributed by atoms with van der Waals surface area (Å²) in [5.41, 5.74) is 0.247. The van der Waals surface area contributed by atoms with Crippen molar-refractivity contribution in [1.82, 2.24) is 14.8 Å². The number of carbonyl (C=O) groups is 3. The maximum atomic E-state index is 14.7. The first-order valence-corrected chi connectivity index (χ1v) is 21.2. The molecule has 13 heteroatoms. The minimum atomic E-state index is -2.28. The first-order chi connectivity index (χ1) is 28.3. The van der Waals surface area contributed by atoms with E-state index in [4.69, 9.17) is 18.9 Å². The molecule has 2 saturated heterocycles. The molecule has 11 atom stereocenters. The van der Waals surface area contributed by atoms with Gasteiger partial charge in [-0.3, -0.25) is 19.4 Å². The minimum Gasteiger partial charge on any atom is -0.496 e. The Labute approximate surface area is 345 Å². The molecule has 316 valence electrons. The van der Waals surface area contributed by atoms with E-state index < -0.39 is 58.0 Å². The summed E-state index contributed by atoms with van der Waals surface area (Å²) in [6.45, 7) is 8.60. The van der Waals surface area contributed by atoms with Gasteiger partial charge in [-0.25, -0.2) is 4.79 Å². The number of carbonyl (C=O) groups excluding carboxylic acids is 3. The number of anilines is 1. The maximum absolute atomic E-state index is 14.7. The average molecular weight is 811 g/mol. The zero-order valence-electron chi connectivity index (χ0n) is 35.2. The van der Waals surface area contributed by atoms with Crippen LogP contribution in [-0.2, 0) is 40.4 Å². The number of hydrogen-bond donors (Lipinski definition) is 3. The highest BCUT2D eigenvalue weighted by Crippen LogP contribution is 2.68. The summed E-state index contributed by atoms with van der Waals surface area (Å²) in [5, 5.41) is 26.6. The zero-order valence-corrected chi connectivity index (χ0v) is 35.2. The van der Waals surface area contributed by atoms with Gasteiger partial charge in [-0.15, -0.1) is 0 Å². The van der Waals surface area contributed by atoms with Gasteiger partial charge in [-0.1, -0.05) is 44.2 Å². The molecule has 2 bridgehead atoms. The molecule has 3 N–H and O–H groups in total. The van der Waals surface area contributed by atoms with Crippen LogP contribution in [0, 0.1) is 11.3 Å². The van der Waals surface area contributed by atoms with Crippen LogP contribution >= 0.6 is 0 Å². The molecule has 5 aliphatic heterocycles. The summed E-state index contributed by atoms with van der Waals surface area (Å²) in [6.07, 6.45) is 5.66. The molecular weight excluding hydrogens is 753 g/mol. The summed E-state index contributed by atoms with van der Waals surface area (Å²) in [7, 11) is 6.21. The summed E-state index contributed by atoms with van der Waals surface area (Å²) >= 11 is 0. The van der Waals surface area contributed by atoms with Gasteiger partial charge >= 0.3 is 17.9 Å². The van der Waals surface area contributed by atoms with Crippen LogP contribution in [0.3, 0.4) is 0 Å². The van der Waals surface area contributed by atoms with Crippen LogP contribution in [-0.4, -0.2) is 133 Å². The van der Waals surface area contributed by atoms with Gasteiger partial charge in [-0.05, 0) is 73.4 Å². The molecule has 1 aliphatic carbocycles.